The van der Waals surface area contributed by atoms with Gasteiger partial charge in [0.05, 0.1) is 23.5 Å². The zero-order valence-corrected chi connectivity index (χ0v) is 14.1. The molecule has 0 saturated carbocycles. The van der Waals surface area contributed by atoms with Crippen LogP contribution in [0.3, 0.4) is 0 Å². The number of benzene rings is 2. The second-order valence-corrected chi connectivity index (χ2v) is 5.47. The molecule has 0 aliphatic rings. The molecular formula is C18H15ClN4O2. The van der Waals surface area contributed by atoms with Crippen LogP contribution in [0, 0.1) is 0 Å². The molecule has 1 amide bonds. The van der Waals surface area contributed by atoms with Gasteiger partial charge >= 0.3 is 0 Å². The number of amides is 1. The molecule has 0 bridgehead atoms. The molecule has 0 radical (unpaired) electrons. The van der Waals surface area contributed by atoms with Crippen LogP contribution in [0.15, 0.2) is 60.7 Å². The van der Waals surface area contributed by atoms with Crippen LogP contribution in [0.4, 0.5) is 17.2 Å². The standard InChI is InChI=1S/C18H15ClN4O2/c1-25-16-9-5-4-8-14(16)21-18(24)15-10-11-17(23-22-15)20-13-7-3-2-6-12(13)19/h2-11H,1H3,(H,20,23)(H,21,24). The minimum absolute atomic E-state index is 0.190. The maximum atomic E-state index is 12.3. The number of halogens is 1. The Bertz CT molecular complexity index is 884. The van der Waals surface area contributed by atoms with Crippen LogP contribution in [0.5, 0.6) is 5.75 Å². The van der Waals surface area contributed by atoms with Gasteiger partial charge in [0.25, 0.3) is 5.91 Å². The lowest BCUT2D eigenvalue weighted by molar-refractivity contribution is 0.102. The van der Waals surface area contributed by atoms with Crippen molar-refractivity contribution in [3.8, 4) is 5.75 Å². The highest BCUT2D eigenvalue weighted by Crippen LogP contribution is 2.25. The monoisotopic (exact) mass is 354 g/mol. The number of hydrogen-bond acceptors (Lipinski definition) is 5. The lowest BCUT2D eigenvalue weighted by Gasteiger charge is -2.10. The summed E-state index contributed by atoms with van der Waals surface area (Å²) in [6.07, 6.45) is 0. The largest absolute Gasteiger partial charge is 0.495 e. The molecule has 2 aromatic carbocycles. The highest BCUT2D eigenvalue weighted by Gasteiger charge is 2.11. The minimum atomic E-state index is -0.374. The molecule has 3 aromatic rings. The van der Waals surface area contributed by atoms with Crippen molar-refractivity contribution in [1.29, 1.82) is 0 Å². The van der Waals surface area contributed by atoms with Gasteiger partial charge < -0.3 is 15.4 Å². The van der Waals surface area contributed by atoms with E-state index in [9.17, 15) is 4.79 Å². The summed E-state index contributed by atoms with van der Waals surface area (Å²) >= 11 is 6.09. The lowest BCUT2D eigenvalue weighted by Crippen LogP contribution is -2.15. The number of anilines is 3. The summed E-state index contributed by atoms with van der Waals surface area (Å²) in [5, 5.41) is 14.3. The third-order valence-corrected chi connectivity index (χ3v) is 3.72. The van der Waals surface area contributed by atoms with Gasteiger partial charge in [-0.05, 0) is 36.4 Å². The Morgan fingerprint density at radius 2 is 1.68 bits per heavy atom. The van der Waals surface area contributed by atoms with Crippen molar-refractivity contribution < 1.29 is 9.53 Å². The highest BCUT2D eigenvalue weighted by atomic mass is 35.5. The summed E-state index contributed by atoms with van der Waals surface area (Å²) in [7, 11) is 1.54. The molecule has 25 heavy (non-hydrogen) atoms. The molecule has 1 aromatic heterocycles. The Labute approximate surface area is 149 Å². The molecule has 3 rings (SSSR count). The summed E-state index contributed by atoms with van der Waals surface area (Å²) in [5.41, 5.74) is 1.47. The topological polar surface area (TPSA) is 76.1 Å². The van der Waals surface area contributed by atoms with Crippen LogP contribution in [-0.4, -0.2) is 23.2 Å². The van der Waals surface area contributed by atoms with Crippen molar-refractivity contribution >= 4 is 34.7 Å². The number of aromatic nitrogens is 2. The van der Waals surface area contributed by atoms with Crippen LogP contribution in [-0.2, 0) is 0 Å². The van der Waals surface area contributed by atoms with Gasteiger partial charge in [0, 0.05) is 0 Å². The van der Waals surface area contributed by atoms with Gasteiger partial charge in [-0.15, -0.1) is 10.2 Å². The van der Waals surface area contributed by atoms with Gasteiger partial charge in [-0.1, -0.05) is 35.9 Å². The second-order valence-electron chi connectivity index (χ2n) is 5.06. The molecule has 0 aliphatic carbocycles. The van der Waals surface area contributed by atoms with Crippen molar-refractivity contribution in [3.05, 3.63) is 71.4 Å². The third-order valence-electron chi connectivity index (χ3n) is 3.39. The Morgan fingerprint density at radius 1 is 0.960 bits per heavy atom. The average Bonchev–Trinajstić information content (AvgIpc) is 2.64. The number of hydrogen-bond donors (Lipinski definition) is 2. The maximum Gasteiger partial charge on any atom is 0.276 e. The quantitative estimate of drug-likeness (QED) is 0.720. The normalized spacial score (nSPS) is 10.2. The van der Waals surface area contributed by atoms with Gasteiger partial charge in [-0.25, -0.2) is 0 Å². The van der Waals surface area contributed by atoms with E-state index in [1.165, 1.54) is 0 Å². The van der Waals surface area contributed by atoms with E-state index >= 15 is 0 Å². The first-order valence-corrected chi connectivity index (χ1v) is 7.85. The summed E-state index contributed by atoms with van der Waals surface area (Å²) in [6.45, 7) is 0. The van der Waals surface area contributed by atoms with Crippen LogP contribution in [0.25, 0.3) is 0 Å². The van der Waals surface area contributed by atoms with E-state index in [1.54, 1.807) is 43.5 Å². The Morgan fingerprint density at radius 3 is 2.36 bits per heavy atom. The molecule has 0 spiro atoms. The minimum Gasteiger partial charge on any atom is -0.495 e. The second kappa shape index (κ2) is 7.63. The van der Waals surface area contributed by atoms with Gasteiger partial charge in [-0.3, -0.25) is 4.79 Å². The van der Waals surface area contributed by atoms with E-state index in [2.05, 4.69) is 20.8 Å². The predicted octanol–water partition coefficient (Wildman–Crippen LogP) is 4.13. The van der Waals surface area contributed by atoms with E-state index in [-0.39, 0.29) is 11.6 Å². The number of rotatable bonds is 5. The first-order chi connectivity index (χ1) is 12.2. The van der Waals surface area contributed by atoms with E-state index < -0.39 is 0 Å². The van der Waals surface area contributed by atoms with Crippen molar-refractivity contribution in [1.82, 2.24) is 10.2 Å². The van der Waals surface area contributed by atoms with E-state index in [0.717, 1.165) is 0 Å². The molecule has 1 heterocycles. The zero-order chi connectivity index (χ0) is 17.6. The van der Waals surface area contributed by atoms with E-state index in [1.807, 2.05) is 24.3 Å². The third kappa shape index (κ3) is 4.05. The first kappa shape index (κ1) is 16.7. The molecule has 0 unspecified atom stereocenters. The van der Waals surface area contributed by atoms with Gasteiger partial charge in [0.1, 0.15) is 5.75 Å². The zero-order valence-electron chi connectivity index (χ0n) is 13.4. The molecule has 2 N–H and O–H groups in total. The molecule has 0 atom stereocenters. The van der Waals surface area contributed by atoms with E-state index in [4.69, 9.17) is 16.3 Å². The molecule has 0 fully saturated rings. The number of carbonyl (C=O) groups excluding carboxylic acids is 1. The SMILES string of the molecule is COc1ccccc1NC(=O)c1ccc(Nc2ccccc2Cl)nn1. The van der Waals surface area contributed by atoms with Crippen LogP contribution in [0.1, 0.15) is 10.5 Å². The summed E-state index contributed by atoms with van der Waals surface area (Å²) in [5.74, 6) is 0.684. The van der Waals surface area contributed by atoms with Gasteiger partial charge in [-0.2, -0.15) is 0 Å². The Kier molecular flexibility index (Phi) is 5.11. The number of methoxy groups -OCH3 is 1. The molecule has 126 valence electrons. The Hall–Kier alpha value is -3.12. The smallest absolute Gasteiger partial charge is 0.276 e. The first-order valence-electron chi connectivity index (χ1n) is 7.47. The highest BCUT2D eigenvalue weighted by molar-refractivity contribution is 6.33. The van der Waals surface area contributed by atoms with Crippen molar-refractivity contribution in [2.75, 3.05) is 17.7 Å². The summed E-state index contributed by atoms with van der Waals surface area (Å²) in [4.78, 5) is 12.3. The van der Waals surface area contributed by atoms with Crippen molar-refractivity contribution in [3.63, 3.8) is 0 Å². The van der Waals surface area contributed by atoms with Crippen molar-refractivity contribution in [2.24, 2.45) is 0 Å². The van der Waals surface area contributed by atoms with Crippen molar-refractivity contribution in [2.45, 2.75) is 0 Å². The van der Waals surface area contributed by atoms with E-state index in [0.29, 0.717) is 28.0 Å². The van der Waals surface area contributed by atoms with Crippen LogP contribution < -0.4 is 15.4 Å². The number of nitrogens with zero attached hydrogens (tertiary/aromatic N) is 2. The predicted molar refractivity (Wildman–Crippen MR) is 97.7 cm³/mol. The molecular weight excluding hydrogens is 340 g/mol. The maximum absolute atomic E-state index is 12.3. The number of para-hydroxylation sites is 3. The van der Waals surface area contributed by atoms with Crippen LogP contribution >= 0.6 is 11.6 Å². The van der Waals surface area contributed by atoms with Gasteiger partial charge in [0.2, 0.25) is 0 Å². The van der Waals surface area contributed by atoms with Crippen LogP contribution in [0.2, 0.25) is 5.02 Å². The summed E-state index contributed by atoms with van der Waals surface area (Å²) < 4.78 is 5.21. The number of nitrogens with one attached hydrogen (secondary N) is 2. The fourth-order valence-corrected chi connectivity index (χ4v) is 2.34. The molecule has 6 nitrogen and oxygen atoms in total. The molecule has 0 saturated heterocycles. The molecule has 7 heteroatoms. The number of carbonyl (C=O) groups is 1. The van der Waals surface area contributed by atoms with Gasteiger partial charge in [0.15, 0.2) is 11.5 Å². The lowest BCUT2D eigenvalue weighted by atomic mass is 10.2. The fourth-order valence-electron chi connectivity index (χ4n) is 2.15. The average molecular weight is 355 g/mol. The Balaban J connectivity index is 1.71. The number of ether oxygens (including phenoxy) is 1. The summed E-state index contributed by atoms with van der Waals surface area (Å²) in [6, 6.07) is 17.7. The fraction of sp³-hybridized carbons (Fsp3) is 0.0556. The molecule has 0 aliphatic heterocycles.